The Kier molecular flexibility index (Phi) is 3.57. The van der Waals surface area contributed by atoms with Gasteiger partial charge in [-0.05, 0) is 31.7 Å². The summed E-state index contributed by atoms with van der Waals surface area (Å²) in [7, 11) is 0. The van der Waals surface area contributed by atoms with Crippen LogP contribution in [-0.4, -0.2) is 21.6 Å². The lowest BCUT2D eigenvalue weighted by atomic mass is 10.0. The van der Waals surface area contributed by atoms with Gasteiger partial charge in [-0.1, -0.05) is 18.2 Å². The quantitative estimate of drug-likeness (QED) is 0.877. The molecule has 1 heterocycles. The zero-order valence-corrected chi connectivity index (χ0v) is 11.9. The summed E-state index contributed by atoms with van der Waals surface area (Å²) in [5.74, 6) is 0.778. The van der Waals surface area contributed by atoms with E-state index in [9.17, 15) is 4.79 Å². The summed E-state index contributed by atoms with van der Waals surface area (Å²) in [6.07, 6.45) is 3.25. The fraction of sp³-hybridized carbons (Fsp3) is 0.500. The maximum absolute atomic E-state index is 12.2. The van der Waals surface area contributed by atoms with Crippen molar-refractivity contribution in [2.45, 2.75) is 45.2 Å². The van der Waals surface area contributed by atoms with Gasteiger partial charge in [0.25, 0.3) is 0 Å². The van der Waals surface area contributed by atoms with Gasteiger partial charge in [-0.3, -0.25) is 9.48 Å². The Bertz CT molecular complexity index is 628. The van der Waals surface area contributed by atoms with Crippen LogP contribution in [0.3, 0.4) is 0 Å². The number of carbonyl (C=O) groups is 1. The number of nitrogens with two attached hydrogens (primary N) is 1. The molecule has 1 atom stereocenters. The van der Waals surface area contributed by atoms with E-state index in [0.29, 0.717) is 18.8 Å². The summed E-state index contributed by atoms with van der Waals surface area (Å²) in [5.41, 5.74) is 8.02. The van der Waals surface area contributed by atoms with Crippen LogP contribution in [0.15, 0.2) is 24.3 Å². The highest BCUT2D eigenvalue weighted by Gasteiger charge is 2.30. The number of hydrogen-bond acceptors (Lipinski definition) is 3. The van der Waals surface area contributed by atoms with E-state index < -0.39 is 0 Å². The third-order valence-corrected chi connectivity index (χ3v) is 4.09. The predicted molar refractivity (Wildman–Crippen MR) is 79.4 cm³/mol. The van der Waals surface area contributed by atoms with Crippen molar-refractivity contribution in [2.24, 2.45) is 11.7 Å². The Labute approximate surface area is 119 Å². The highest BCUT2D eigenvalue weighted by Crippen LogP contribution is 2.33. The fourth-order valence-corrected chi connectivity index (χ4v) is 2.78. The molecule has 1 aromatic carbocycles. The third-order valence-electron chi connectivity index (χ3n) is 4.09. The van der Waals surface area contributed by atoms with Crippen molar-refractivity contribution in [1.29, 1.82) is 0 Å². The van der Waals surface area contributed by atoms with E-state index in [1.54, 1.807) is 0 Å². The first kappa shape index (κ1) is 13.3. The zero-order valence-electron chi connectivity index (χ0n) is 11.9. The third kappa shape index (κ3) is 2.61. The van der Waals surface area contributed by atoms with Crippen molar-refractivity contribution in [3.63, 3.8) is 0 Å². The molecule has 0 amide bonds. The van der Waals surface area contributed by atoms with Gasteiger partial charge >= 0.3 is 0 Å². The smallest absolute Gasteiger partial charge is 0.140 e. The molecule has 2 N–H and O–H groups in total. The summed E-state index contributed by atoms with van der Waals surface area (Å²) in [6, 6.07) is 8.13. The maximum Gasteiger partial charge on any atom is 0.140 e. The fourth-order valence-electron chi connectivity index (χ4n) is 2.78. The number of benzene rings is 1. The van der Waals surface area contributed by atoms with E-state index in [1.165, 1.54) is 12.8 Å². The van der Waals surface area contributed by atoms with Gasteiger partial charge < -0.3 is 5.73 Å². The van der Waals surface area contributed by atoms with Crippen LogP contribution in [0, 0.1) is 5.92 Å². The number of aryl methyl sites for hydroxylation is 1. The zero-order chi connectivity index (χ0) is 14.1. The molecule has 1 aliphatic rings. The van der Waals surface area contributed by atoms with Gasteiger partial charge in [0.1, 0.15) is 5.78 Å². The first-order valence-corrected chi connectivity index (χ1v) is 7.40. The van der Waals surface area contributed by atoms with Crippen molar-refractivity contribution in [1.82, 2.24) is 9.78 Å². The molecule has 4 nitrogen and oxygen atoms in total. The second-order valence-electron chi connectivity index (χ2n) is 5.70. The van der Waals surface area contributed by atoms with Crippen molar-refractivity contribution < 1.29 is 4.79 Å². The number of carbonyl (C=O) groups excluding carboxylic acids is 1. The summed E-state index contributed by atoms with van der Waals surface area (Å²) >= 11 is 0. The molecule has 106 valence electrons. The van der Waals surface area contributed by atoms with E-state index >= 15 is 0 Å². The van der Waals surface area contributed by atoms with Gasteiger partial charge in [0.15, 0.2) is 0 Å². The van der Waals surface area contributed by atoms with E-state index in [1.807, 2.05) is 22.9 Å². The first-order valence-electron chi connectivity index (χ1n) is 7.40. The summed E-state index contributed by atoms with van der Waals surface area (Å²) in [6.45, 7) is 2.88. The second-order valence-corrected chi connectivity index (χ2v) is 5.70. The van der Waals surface area contributed by atoms with Crippen LogP contribution in [0.2, 0.25) is 0 Å². The summed E-state index contributed by atoms with van der Waals surface area (Å²) < 4.78 is 1.96. The number of nitrogens with zero attached hydrogens (tertiary/aromatic N) is 2. The molecule has 4 heteroatoms. The molecule has 0 bridgehead atoms. The Balaban J connectivity index is 1.78. The summed E-state index contributed by atoms with van der Waals surface area (Å²) in [5, 5.41) is 5.66. The Hall–Kier alpha value is -1.68. The van der Waals surface area contributed by atoms with Crippen molar-refractivity contribution in [3.05, 3.63) is 30.0 Å². The number of hydrogen-bond donors (Lipinski definition) is 1. The van der Waals surface area contributed by atoms with Crippen molar-refractivity contribution in [3.8, 4) is 0 Å². The molecular formula is C16H21N3O. The van der Waals surface area contributed by atoms with Crippen LogP contribution in [0.5, 0.6) is 0 Å². The number of aromatic nitrogens is 2. The van der Waals surface area contributed by atoms with E-state index in [4.69, 9.17) is 5.73 Å². The highest BCUT2D eigenvalue weighted by atomic mass is 16.1. The van der Waals surface area contributed by atoms with Crippen LogP contribution >= 0.6 is 0 Å². The van der Waals surface area contributed by atoms with Gasteiger partial charge in [-0.25, -0.2) is 0 Å². The minimum atomic E-state index is 0.0435. The second kappa shape index (κ2) is 5.37. The van der Waals surface area contributed by atoms with Crippen molar-refractivity contribution in [2.75, 3.05) is 0 Å². The van der Waals surface area contributed by atoms with Gasteiger partial charge in [-0.2, -0.15) is 5.10 Å². The van der Waals surface area contributed by atoms with Gasteiger partial charge in [0.05, 0.1) is 17.6 Å². The molecule has 1 saturated carbocycles. The molecule has 0 radical (unpaired) electrons. The average Bonchev–Trinajstić information content (AvgIpc) is 3.23. The predicted octanol–water partition coefficient (Wildman–Crippen LogP) is 2.30. The van der Waals surface area contributed by atoms with Crippen LogP contribution in [0.1, 0.15) is 31.9 Å². The normalized spacial score (nSPS) is 16.5. The van der Waals surface area contributed by atoms with Crippen LogP contribution < -0.4 is 5.73 Å². The Morgan fingerprint density at radius 1 is 1.45 bits per heavy atom. The molecule has 20 heavy (non-hydrogen) atoms. The lowest BCUT2D eigenvalue weighted by Crippen LogP contribution is -2.26. The molecule has 0 spiro atoms. The van der Waals surface area contributed by atoms with Gasteiger partial charge in [0.2, 0.25) is 0 Å². The number of fused-ring (bicyclic) bond motifs is 1. The highest BCUT2D eigenvalue weighted by molar-refractivity contribution is 5.88. The number of Topliss-reactive ketones (excluding diaryl/α,β-unsaturated/α-hetero) is 1. The standard InChI is InChI=1S/C16H21N3O/c1-2-19-16-6-4-3-5-13(16)15(18-19)10-12(20)9-14(17)11-7-8-11/h3-6,11,14H,2,7-10,17H2,1H3. The van der Waals surface area contributed by atoms with Crippen LogP contribution in [0.25, 0.3) is 10.9 Å². The minimum Gasteiger partial charge on any atom is -0.327 e. The molecule has 1 aliphatic carbocycles. The number of ketones is 1. The topological polar surface area (TPSA) is 60.9 Å². The molecule has 2 aromatic rings. The molecule has 0 aliphatic heterocycles. The largest absolute Gasteiger partial charge is 0.327 e. The van der Waals surface area contributed by atoms with E-state index in [2.05, 4.69) is 18.1 Å². The molecule has 1 fully saturated rings. The summed E-state index contributed by atoms with van der Waals surface area (Å²) in [4.78, 5) is 12.2. The number of rotatable bonds is 6. The number of para-hydroxylation sites is 1. The van der Waals surface area contributed by atoms with Gasteiger partial charge in [-0.15, -0.1) is 0 Å². The van der Waals surface area contributed by atoms with E-state index in [0.717, 1.165) is 23.1 Å². The van der Waals surface area contributed by atoms with E-state index in [-0.39, 0.29) is 11.8 Å². The lowest BCUT2D eigenvalue weighted by Gasteiger charge is -2.08. The molecule has 1 aromatic heterocycles. The molecule has 3 rings (SSSR count). The molecular weight excluding hydrogens is 250 g/mol. The first-order chi connectivity index (χ1) is 9.69. The van der Waals surface area contributed by atoms with Crippen LogP contribution in [-0.2, 0) is 17.8 Å². The molecule has 1 unspecified atom stereocenters. The SMILES string of the molecule is CCn1nc(CC(=O)CC(N)C2CC2)c2ccccc21. The minimum absolute atomic E-state index is 0.0435. The Morgan fingerprint density at radius 3 is 2.90 bits per heavy atom. The molecule has 0 saturated heterocycles. The Morgan fingerprint density at radius 2 is 2.20 bits per heavy atom. The van der Waals surface area contributed by atoms with Crippen LogP contribution in [0.4, 0.5) is 0 Å². The van der Waals surface area contributed by atoms with Crippen molar-refractivity contribution >= 4 is 16.7 Å². The monoisotopic (exact) mass is 271 g/mol. The maximum atomic E-state index is 12.2. The average molecular weight is 271 g/mol. The lowest BCUT2D eigenvalue weighted by molar-refractivity contribution is -0.118. The van der Waals surface area contributed by atoms with Gasteiger partial charge in [0, 0.05) is 24.4 Å².